The normalized spacial score (nSPS) is 28.8. The van der Waals surface area contributed by atoms with E-state index in [1.165, 1.54) is 41.5 Å². The topological polar surface area (TPSA) is 55.4 Å². The number of halogens is 1. The molecule has 0 radical (unpaired) electrons. The maximum Gasteiger partial charge on any atom is 0.305 e. The summed E-state index contributed by atoms with van der Waals surface area (Å²) in [5, 5.41) is 3.67. The van der Waals surface area contributed by atoms with Crippen LogP contribution in [0, 0.1) is 28.6 Å². The van der Waals surface area contributed by atoms with Crippen LogP contribution in [0.3, 0.4) is 0 Å². The van der Waals surface area contributed by atoms with Gasteiger partial charge in [0.2, 0.25) is 0 Å². The Morgan fingerprint density at radius 3 is 2.00 bits per heavy atom. The summed E-state index contributed by atoms with van der Waals surface area (Å²) >= 11 is 0. The van der Waals surface area contributed by atoms with E-state index in [2.05, 4.69) is 117 Å². The molecule has 0 heterocycles. The summed E-state index contributed by atoms with van der Waals surface area (Å²) in [6.45, 7) is 9.91. The van der Waals surface area contributed by atoms with E-state index in [9.17, 15) is 9.59 Å². The molecule has 0 spiro atoms. The van der Waals surface area contributed by atoms with Gasteiger partial charge in [-0.3, -0.25) is 9.59 Å². The SMILES string of the molecule is CC(NCCC(c1ccccc1)c1ccccc1)c1ccccc1.CCC(=O)OC1CCC2C3CCC4=CC(=O)CCC4(C)C3CCC12C.Cl. The standard InChI is InChI=1S/C23H25N.C22H32O3.ClH/c1-19(20-11-5-2-6-12-20)24-18-17-23(21-13-7-3-8-14-21)22-15-9-4-10-16-22;1-4-20(24)25-19-8-7-17-16-6-5-14-13-15(23)9-11-21(14,2)18(16)10-12-22(17,19)3;/h2-16,19,23-24H,17-18H2,1H3;13,16-19H,4-12H2,1-3H3;1H. The van der Waals surface area contributed by atoms with Gasteiger partial charge in [0.1, 0.15) is 6.10 Å². The minimum atomic E-state index is -0.0411. The zero-order valence-corrected chi connectivity index (χ0v) is 31.4. The van der Waals surface area contributed by atoms with Crippen molar-refractivity contribution < 1.29 is 14.3 Å². The van der Waals surface area contributed by atoms with Gasteiger partial charge < -0.3 is 10.1 Å². The first-order chi connectivity index (χ1) is 23.7. The Morgan fingerprint density at radius 1 is 0.800 bits per heavy atom. The first-order valence-electron chi connectivity index (χ1n) is 19.0. The first-order valence-corrected chi connectivity index (χ1v) is 19.0. The highest BCUT2D eigenvalue weighted by molar-refractivity contribution is 5.91. The molecule has 4 aliphatic carbocycles. The van der Waals surface area contributed by atoms with Crippen LogP contribution >= 0.6 is 12.4 Å². The third-order valence-corrected chi connectivity index (χ3v) is 13.0. The molecule has 3 aromatic carbocycles. The van der Waals surface area contributed by atoms with Crippen LogP contribution < -0.4 is 5.32 Å². The van der Waals surface area contributed by atoms with Crippen molar-refractivity contribution in [3.63, 3.8) is 0 Å². The molecule has 0 bridgehead atoms. The molecule has 0 saturated heterocycles. The molecule has 4 nitrogen and oxygen atoms in total. The molecule has 3 saturated carbocycles. The minimum Gasteiger partial charge on any atom is -0.462 e. The van der Waals surface area contributed by atoms with Gasteiger partial charge in [-0.25, -0.2) is 0 Å². The molecule has 0 aliphatic heterocycles. The molecule has 7 unspecified atom stereocenters. The lowest BCUT2D eigenvalue weighted by atomic mass is 9.47. The number of allylic oxidation sites excluding steroid dienone is 1. The lowest BCUT2D eigenvalue weighted by Gasteiger charge is -2.57. The second-order valence-corrected chi connectivity index (χ2v) is 15.7. The molecule has 268 valence electrons. The van der Waals surface area contributed by atoms with Gasteiger partial charge in [0, 0.05) is 30.2 Å². The number of ketones is 1. The zero-order chi connectivity index (χ0) is 34.4. The zero-order valence-electron chi connectivity index (χ0n) is 30.6. The van der Waals surface area contributed by atoms with Crippen LogP contribution in [0.25, 0.3) is 0 Å². The average molecular weight is 696 g/mol. The molecule has 50 heavy (non-hydrogen) atoms. The molecule has 5 heteroatoms. The Morgan fingerprint density at radius 2 is 1.40 bits per heavy atom. The lowest BCUT2D eigenvalue weighted by molar-refractivity contribution is -0.159. The fourth-order valence-electron chi connectivity index (χ4n) is 10.1. The third-order valence-electron chi connectivity index (χ3n) is 13.0. The second kappa shape index (κ2) is 16.9. The molecule has 7 rings (SSSR count). The Bertz CT molecular complexity index is 1540. The maximum absolute atomic E-state index is 11.9. The van der Waals surface area contributed by atoms with Crippen LogP contribution in [0.4, 0.5) is 0 Å². The molecule has 1 N–H and O–H groups in total. The van der Waals surface area contributed by atoms with E-state index in [1.54, 1.807) is 0 Å². The number of ether oxygens (including phenoxy) is 1. The van der Waals surface area contributed by atoms with E-state index in [-0.39, 0.29) is 35.3 Å². The van der Waals surface area contributed by atoms with E-state index in [4.69, 9.17) is 4.74 Å². The van der Waals surface area contributed by atoms with Gasteiger partial charge in [-0.05, 0) is 111 Å². The number of carbonyl (C=O) groups is 2. The van der Waals surface area contributed by atoms with Crippen LogP contribution in [0.5, 0.6) is 0 Å². The predicted octanol–water partition coefficient (Wildman–Crippen LogP) is 10.8. The summed E-state index contributed by atoms with van der Waals surface area (Å²) < 4.78 is 5.86. The summed E-state index contributed by atoms with van der Waals surface area (Å²) in [4.78, 5) is 23.8. The minimum absolute atomic E-state index is 0. The molecule has 3 aromatic rings. The molecule has 0 amide bonds. The number of fused-ring (bicyclic) bond motifs is 5. The van der Waals surface area contributed by atoms with Crippen molar-refractivity contribution in [1.29, 1.82) is 0 Å². The fraction of sp³-hybridized carbons (Fsp3) is 0.511. The monoisotopic (exact) mass is 695 g/mol. The van der Waals surface area contributed by atoms with E-state index in [1.807, 2.05) is 13.0 Å². The lowest BCUT2D eigenvalue weighted by Crippen LogP contribution is -2.51. The van der Waals surface area contributed by atoms with E-state index < -0.39 is 0 Å². The Hall–Kier alpha value is -3.21. The van der Waals surface area contributed by atoms with Gasteiger partial charge in [0.25, 0.3) is 0 Å². The van der Waals surface area contributed by atoms with Gasteiger partial charge in [-0.2, -0.15) is 0 Å². The highest BCUT2D eigenvalue weighted by Crippen LogP contribution is 2.65. The summed E-state index contributed by atoms with van der Waals surface area (Å²) in [6.07, 6.45) is 12.4. The molecular formula is C45H58ClNO3. The van der Waals surface area contributed by atoms with E-state index >= 15 is 0 Å². The number of hydrogen-bond acceptors (Lipinski definition) is 4. The number of esters is 1. The van der Waals surface area contributed by atoms with Crippen LogP contribution in [0.1, 0.15) is 121 Å². The highest BCUT2D eigenvalue weighted by Gasteiger charge is 2.59. The number of rotatable bonds is 9. The van der Waals surface area contributed by atoms with Gasteiger partial charge in [-0.15, -0.1) is 12.4 Å². The second-order valence-electron chi connectivity index (χ2n) is 15.7. The highest BCUT2D eigenvalue weighted by atomic mass is 35.5. The number of hydrogen-bond donors (Lipinski definition) is 1. The molecular weight excluding hydrogens is 638 g/mol. The van der Waals surface area contributed by atoms with Crippen molar-refractivity contribution in [2.45, 2.75) is 110 Å². The quantitative estimate of drug-likeness (QED) is 0.226. The van der Waals surface area contributed by atoms with Crippen molar-refractivity contribution in [2.75, 3.05) is 6.54 Å². The summed E-state index contributed by atoms with van der Waals surface area (Å²) in [7, 11) is 0. The van der Waals surface area contributed by atoms with Gasteiger partial charge in [-0.1, -0.05) is 117 Å². The van der Waals surface area contributed by atoms with Crippen molar-refractivity contribution in [3.8, 4) is 0 Å². The summed E-state index contributed by atoms with van der Waals surface area (Å²) in [5.74, 6) is 2.85. The van der Waals surface area contributed by atoms with E-state index in [0.717, 1.165) is 51.0 Å². The van der Waals surface area contributed by atoms with Crippen LogP contribution in [-0.2, 0) is 14.3 Å². The van der Waals surface area contributed by atoms with Crippen LogP contribution in [0.15, 0.2) is 103 Å². The van der Waals surface area contributed by atoms with Crippen molar-refractivity contribution in [2.24, 2.45) is 28.6 Å². The number of nitrogens with one attached hydrogen (secondary N) is 1. The number of benzene rings is 3. The number of carbonyl (C=O) groups excluding carboxylic acids is 2. The van der Waals surface area contributed by atoms with Gasteiger partial charge in [0.05, 0.1) is 0 Å². The predicted molar refractivity (Wildman–Crippen MR) is 206 cm³/mol. The van der Waals surface area contributed by atoms with E-state index in [0.29, 0.717) is 36.0 Å². The van der Waals surface area contributed by atoms with Crippen molar-refractivity contribution in [3.05, 3.63) is 119 Å². The Kier molecular flexibility index (Phi) is 12.8. The van der Waals surface area contributed by atoms with Crippen molar-refractivity contribution >= 4 is 24.2 Å². The summed E-state index contributed by atoms with van der Waals surface area (Å²) in [5.41, 5.74) is 5.94. The first kappa shape index (κ1) is 38.0. The molecule has 4 aliphatic rings. The van der Waals surface area contributed by atoms with Crippen molar-refractivity contribution in [1.82, 2.24) is 5.32 Å². The Balaban J connectivity index is 0.000000191. The summed E-state index contributed by atoms with van der Waals surface area (Å²) in [6, 6.07) is 32.6. The molecule has 3 fully saturated rings. The average Bonchev–Trinajstić information content (AvgIpc) is 3.47. The maximum atomic E-state index is 11.9. The molecule has 7 atom stereocenters. The third kappa shape index (κ3) is 8.13. The Labute approximate surface area is 307 Å². The van der Waals surface area contributed by atoms with Crippen LogP contribution in [-0.4, -0.2) is 24.4 Å². The molecule has 0 aromatic heterocycles. The smallest absolute Gasteiger partial charge is 0.305 e. The van der Waals surface area contributed by atoms with Crippen LogP contribution in [0.2, 0.25) is 0 Å². The van der Waals surface area contributed by atoms with Gasteiger partial charge in [0.15, 0.2) is 5.78 Å². The fourth-order valence-corrected chi connectivity index (χ4v) is 10.1. The van der Waals surface area contributed by atoms with Gasteiger partial charge >= 0.3 is 5.97 Å². The largest absolute Gasteiger partial charge is 0.462 e.